The normalized spacial score (nSPS) is 11.8. The molecular weight excluding hydrogens is 234 g/mol. The average Bonchev–Trinajstić information content (AvgIpc) is 2.32. The van der Waals surface area contributed by atoms with Crippen molar-refractivity contribution in [3.63, 3.8) is 0 Å². The number of phenols is 1. The standard InChI is InChI=1S/C13H17NO4/c1-9(13(17)18)6-7-14-12(16)8-10-2-4-11(15)5-3-10/h2-5,9,15H,6-8H2,1H3,(H,14,16)(H,17,18). The topological polar surface area (TPSA) is 86.6 Å². The number of carboxylic acid groups (broad SMARTS) is 1. The third-order valence-corrected chi connectivity index (χ3v) is 2.62. The van der Waals surface area contributed by atoms with Gasteiger partial charge in [-0.25, -0.2) is 0 Å². The van der Waals surface area contributed by atoms with E-state index in [1.807, 2.05) is 0 Å². The van der Waals surface area contributed by atoms with Crippen molar-refractivity contribution in [1.29, 1.82) is 0 Å². The largest absolute Gasteiger partial charge is 0.508 e. The summed E-state index contributed by atoms with van der Waals surface area (Å²) in [6.45, 7) is 1.96. The van der Waals surface area contributed by atoms with Gasteiger partial charge in [0.05, 0.1) is 12.3 Å². The van der Waals surface area contributed by atoms with Gasteiger partial charge in [0.25, 0.3) is 0 Å². The second-order valence-corrected chi connectivity index (χ2v) is 4.22. The van der Waals surface area contributed by atoms with Crippen LogP contribution in [0.1, 0.15) is 18.9 Å². The second kappa shape index (κ2) is 6.64. The molecule has 0 aliphatic heterocycles. The lowest BCUT2D eigenvalue weighted by atomic mass is 10.1. The van der Waals surface area contributed by atoms with Gasteiger partial charge in [0.2, 0.25) is 5.91 Å². The Hall–Kier alpha value is -2.04. The van der Waals surface area contributed by atoms with Gasteiger partial charge in [-0.1, -0.05) is 19.1 Å². The smallest absolute Gasteiger partial charge is 0.306 e. The van der Waals surface area contributed by atoms with E-state index in [9.17, 15) is 9.59 Å². The summed E-state index contributed by atoms with van der Waals surface area (Å²) in [5.74, 6) is -1.31. The number of aromatic hydroxyl groups is 1. The molecule has 3 N–H and O–H groups in total. The fraction of sp³-hybridized carbons (Fsp3) is 0.385. The molecule has 0 aliphatic rings. The van der Waals surface area contributed by atoms with Crippen molar-refractivity contribution in [2.24, 2.45) is 5.92 Å². The summed E-state index contributed by atoms with van der Waals surface area (Å²) >= 11 is 0. The van der Waals surface area contributed by atoms with Crippen LogP contribution < -0.4 is 5.32 Å². The summed E-state index contributed by atoms with van der Waals surface area (Å²) in [4.78, 5) is 22.1. The molecule has 1 rings (SSSR count). The van der Waals surface area contributed by atoms with Crippen molar-refractivity contribution in [1.82, 2.24) is 5.32 Å². The zero-order valence-electron chi connectivity index (χ0n) is 10.2. The summed E-state index contributed by atoms with van der Waals surface area (Å²) in [7, 11) is 0. The third-order valence-electron chi connectivity index (χ3n) is 2.62. The van der Waals surface area contributed by atoms with E-state index in [1.54, 1.807) is 19.1 Å². The molecule has 1 aromatic carbocycles. The molecule has 1 amide bonds. The first-order valence-corrected chi connectivity index (χ1v) is 5.76. The van der Waals surface area contributed by atoms with E-state index in [4.69, 9.17) is 10.2 Å². The fourth-order valence-electron chi connectivity index (χ4n) is 1.41. The van der Waals surface area contributed by atoms with Gasteiger partial charge in [-0.05, 0) is 24.1 Å². The van der Waals surface area contributed by atoms with Gasteiger partial charge in [-0.15, -0.1) is 0 Å². The molecule has 1 unspecified atom stereocenters. The van der Waals surface area contributed by atoms with Crippen molar-refractivity contribution in [2.45, 2.75) is 19.8 Å². The van der Waals surface area contributed by atoms with Crippen LogP contribution >= 0.6 is 0 Å². The van der Waals surface area contributed by atoms with Crippen molar-refractivity contribution in [3.8, 4) is 5.75 Å². The van der Waals surface area contributed by atoms with Gasteiger partial charge in [0.1, 0.15) is 5.75 Å². The highest BCUT2D eigenvalue weighted by atomic mass is 16.4. The number of hydrogen-bond acceptors (Lipinski definition) is 3. The Morgan fingerprint density at radius 1 is 1.28 bits per heavy atom. The lowest BCUT2D eigenvalue weighted by molar-refractivity contribution is -0.141. The molecule has 0 saturated heterocycles. The lowest BCUT2D eigenvalue weighted by Crippen LogP contribution is -2.28. The summed E-state index contributed by atoms with van der Waals surface area (Å²) in [5, 5.41) is 20.4. The number of aliphatic carboxylic acids is 1. The minimum absolute atomic E-state index is 0.154. The number of nitrogens with one attached hydrogen (secondary N) is 1. The van der Waals surface area contributed by atoms with Crippen molar-refractivity contribution in [3.05, 3.63) is 29.8 Å². The van der Waals surface area contributed by atoms with Gasteiger partial charge in [-0.2, -0.15) is 0 Å². The molecule has 5 heteroatoms. The summed E-state index contributed by atoms with van der Waals surface area (Å²) < 4.78 is 0. The summed E-state index contributed by atoms with van der Waals surface area (Å²) in [5.41, 5.74) is 0.802. The molecule has 0 spiro atoms. The highest BCUT2D eigenvalue weighted by Crippen LogP contribution is 2.09. The molecule has 0 heterocycles. The molecule has 0 bridgehead atoms. The maximum absolute atomic E-state index is 11.5. The molecule has 5 nitrogen and oxygen atoms in total. The van der Waals surface area contributed by atoms with Crippen LogP contribution in [0.2, 0.25) is 0 Å². The first-order chi connectivity index (χ1) is 8.49. The van der Waals surface area contributed by atoms with Crippen LogP contribution in [-0.4, -0.2) is 28.6 Å². The molecule has 0 saturated carbocycles. The maximum atomic E-state index is 11.5. The predicted octanol–water partition coefficient (Wildman–Crippen LogP) is 1.16. The van der Waals surface area contributed by atoms with E-state index < -0.39 is 11.9 Å². The quantitative estimate of drug-likeness (QED) is 0.708. The number of carbonyl (C=O) groups is 2. The molecule has 0 aliphatic carbocycles. The van der Waals surface area contributed by atoms with Crippen molar-refractivity contribution in [2.75, 3.05) is 6.54 Å². The number of benzene rings is 1. The van der Waals surface area contributed by atoms with E-state index in [-0.39, 0.29) is 18.1 Å². The molecule has 0 radical (unpaired) electrons. The van der Waals surface area contributed by atoms with Gasteiger partial charge in [0, 0.05) is 6.54 Å². The van der Waals surface area contributed by atoms with Crippen LogP contribution in [0.15, 0.2) is 24.3 Å². The Kier molecular flexibility index (Phi) is 5.17. The molecular formula is C13H17NO4. The van der Waals surface area contributed by atoms with Crippen LogP contribution in [-0.2, 0) is 16.0 Å². The Morgan fingerprint density at radius 3 is 2.44 bits per heavy atom. The molecule has 18 heavy (non-hydrogen) atoms. The molecule has 98 valence electrons. The van der Waals surface area contributed by atoms with Gasteiger partial charge >= 0.3 is 5.97 Å². The highest BCUT2D eigenvalue weighted by Gasteiger charge is 2.10. The third kappa shape index (κ3) is 4.86. The van der Waals surface area contributed by atoms with Gasteiger partial charge in [-0.3, -0.25) is 9.59 Å². The molecule has 1 atom stereocenters. The Morgan fingerprint density at radius 2 is 1.89 bits per heavy atom. The van der Waals surface area contributed by atoms with E-state index in [1.165, 1.54) is 12.1 Å². The number of hydrogen-bond donors (Lipinski definition) is 3. The SMILES string of the molecule is CC(CCNC(=O)Cc1ccc(O)cc1)C(=O)O. The first kappa shape index (κ1) is 14.0. The maximum Gasteiger partial charge on any atom is 0.306 e. The highest BCUT2D eigenvalue weighted by molar-refractivity contribution is 5.78. The van der Waals surface area contributed by atoms with Crippen LogP contribution in [0, 0.1) is 5.92 Å². The average molecular weight is 251 g/mol. The van der Waals surface area contributed by atoms with E-state index >= 15 is 0 Å². The fourth-order valence-corrected chi connectivity index (χ4v) is 1.41. The number of phenolic OH excluding ortho intramolecular Hbond substituents is 1. The lowest BCUT2D eigenvalue weighted by Gasteiger charge is -2.08. The minimum Gasteiger partial charge on any atom is -0.508 e. The molecule has 0 aromatic heterocycles. The number of carbonyl (C=O) groups excluding carboxylic acids is 1. The van der Waals surface area contributed by atoms with Crippen molar-refractivity contribution >= 4 is 11.9 Å². The molecule has 1 aromatic rings. The van der Waals surface area contributed by atoms with Crippen LogP contribution in [0.25, 0.3) is 0 Å². The van der Waals surface area contributed by atoms with E-state index in [0.717, 1.165) is 5.56 Å². The Balaban J connectivity index is 2.30. The summed E-state index contributed by atoms with van der Waals surface area (Å²) in [6.07, 6.45) is 0.637. The number of amides is 1. The predicted molar refractivity (Wildman–Crippen MR) is 66.2 cm³/mol. The zero-order chi connectivity index (χ0) is 13.5. The van der Waals surface area contributed by atoms with Gasteiger partial charge < -0.3 is 15.5 Å². The first-order valence-electron chi connectivity index (χ1n) is 5.76. The Bertz CT molecular complexity index is 414. The van der Waals surface area contributed by atoms with Crippen LogP contribution in [0.5, 0.6) is 5.75 Å². The van der Waals surface area contributed by atoms with Crippen molar-refractivity contribution < 1.29 is 19.8 Å². The number of carboxylic acids is 1. The zero-order valence-corrected chi connectivity index (χ0v) is 10.2. The second-order valence-electron chi connectivity index (χ2n) is 4.22. The number of rotatable bonds is 6. The molecule has 0 fully saturated rings. The van der Waals surface area contributed by atoms with Gasteiger partial charge in [0.15, 0.2) is 0 Å². The van der Waals surface area contributed by atoms with E-state index in [0.29, 0.717) is 13.0 Å². The monoisotopic (exact) mass is 251 g/mol. The van der Waals surface area contributed by atoms with E-state index in [2.05, 4.69) is 5.32 Å². The van der Waals surface area contributed by atoms with Crippen LogP contribution in [0.4, 0.5) is 0 Å². The summed E-state index contributed by atoms with van der Waals surface area (Å²) in [6, 6.07) is 6.40. The Labute approximate surface area is 105 Å². The minimum atomic E-state index is -0.859. The van der Waals surface area contributed by atoms with Crippen LogP contribution in [0.3, 0.4) is 0 Å².